The zero-order chi connectivity index (χ0) is 24.3. The highest BCUT2D eigenvalue weighted by Gasteiger charge is 2.16. The number of hydrogen-bond acceptors (Lipinski definition) is 6. The number of methoxy groups -OCH3 is 1. The largest absolute Gasteiger partial charge is 0.493 e. The van der Waals surface area contributed by atoms with Crippen LogP contribution in [0.2, 0.25) is 0 Å². The van der Waals surface area contributed by atoms with Crippen molar-refractivity contribution in [2.24, 2.45) is 0 Å². The lowest BCUT2D eigenvalue weighted by molar-refractivity contribution is 0.286. The van der Waals surface area contributed by atoms with Gasteiger partial charge in [-0.05, 0) is 41.2 Å². The summed E-state index contributed by atoms with van der Waals surface area (Å²) < 4.78 is 13.3. The van der Waals surface area contributed by atoms with E-state index >= 15 is 0 Å². The number of fused-ring (bicyclic) bond motifs is 1. The number of nitrogens with zero attached hydrogens (tertiary/aromatic N) is 3. The Morgan fingerprint density at radius 2 is 1.82 bits per heavy atom. The highest BCUT2D eigenvalue weighted by Crippen LogP contribution is 2.29. The molecule has 0 amide bonds. The number of ether oxygens (including phenoxy) is 2. The van der Waals surface area contributed by atoms with Gasteiger partial charge in [0.15, 0.2) is 17.3 Å². The minimum Gasteiger partial charge on any atom is -0.493 e. The van der Waals surface area contributed by atoms with Gasteiger partial charge in [-0.1, -0.05) is 82.2 Å². The summed E-state index contributed by atoms with van der Waals surface area (Å²) in [5, 5.41) is 4.47. The van der Waals surface area contributed by atoms with Crippen LogP contribution in [0.25, 0.3) is 22.4 Å². The second-order valence-electron chi connectivity index (χ2n) is 9.34. The first-order chi connectivity index (χ1) is 16.3. The van der Waals surface area contributed by atoms with Crippen molar-refractivity contribution in [2.45, 2.75) is 52.4 Å². The van der Waals surface area contributed by atoms with Gasteiger partial charge in [-0.25, -0.2) is 0 Å². The van der Waals surface area contributed by atoms with E-state index in [0.29, 0.717) is 33.4 Å². The average molecular weight is 478 g/mol. The fourth-order valence-corrected chi connectivity index (χ4v) is 4.56. The molecule has 0 radical (unpaired) electrons. The van der Waals surface area contributed by atoms with Crippen LogP contribution in [0, 0.1) is 0 Å². The third-order valence-electron chi connectivity index (χ3n) is 5.68. The lowest BCUT2D eigenvalue weighted by Gasteiger charge is -2.18. The van der Waals surface area contributed by atoms with E-state index < -0.39 is 0 Å². The number of thiazole rings is 1. The summed E-state index contributed by atoms with van der Waals surface area (Å²) in [4.78, 5) is 18.1. The van der Waals surface area contributed by atoms with Crippen molar-refractivity contribution in [1.29, 1.82) is 0 Å². The highest BCUT2D eigenvalue weighted by atomic mass is 32.1. The quantitative estimate of drug-likeness (QED) is 0.325. The molecule has 2 heterocycles. The number of aromatic nitrogens is 3. The third kappa shape index (κ3) is 5.14. The van der Waals surface area contributed by atoms with E-state index in [0.717, 1.165) is 30.4 Å². The molecule has 0 aliphatic carbocycles. The maximum atomic E-state index is 13.0. The van der Waals surface area contributed by atoms with Crippen molar-refractivity contribution in [3.05, 3.63) is 68.5 Å². The minimum atomic E-state index is -0.177. The van der Waals surface area contributed by atoms with Crippen LogP contribution in [-0.4, -0.2) is 28.3 Å². The molecule has 0 bridgehead atoms. The lowest BCUT2D eigenvalue weighted by Crippen LogP contribution is -2.23. The monoisotopic (exact) mass is 477 g/mol. The maximum absolute atomic E-state index is 13.0. The molecule has 7 heteroatoms. The van der Waals surface area contributed by atoms with Crippen LogP contribution in [0.3, 0.4) is 0 Å². The Hall–Kier alpha value is -3.19. The van der Waals surface area contributed by atoms with Crippen LogP contribution in [-0.2, 0) is 5.41 Å². The molecule has 0 N–H and O–H groups in total. The standard InChI is InChI=1S/C27H31N3O3S/c1-6-7-8-15-33-21-14-9-18(16-22(21)32-5)17-23-25(31)30-26(34-23)28-24(29-30)19-10-12-20(13-11-19)27(2,3)4/h9-14,16-17H,6-8,15H2,1-5H3. The number of hydrogen-bond donors (Lipinski definition) is 0. The number of unbranched alkanes of at least 4 members (excludes halogenated alkanes) is 2. The predicted molar refractivity (Wildman–Crippen MR) is 138 cm³/mol. The van der Waals surface area contributed by atoms with Crippen LogP contribution >= 0.6 is 11.3 Å². The van der Waals surface area contributed by atoms with Crippen LogP contribution in [0.4, 0.5) is 0 Å². The van der Waals surface area contributed by atoms with Gasteiger partial charge in [0.2, 0.25) is 4.96 Å². The smallest absolute Gasteiger partial charge is 0.291 e. The molecule has 34 heavy (non-hydrogen) atoms. The summed E-state index contributed by atoms with van der Waals surface area (Å²) in [7, 11) is 1.62. The molecule has 4 rings (SSSR count). The van der Waals surface area contributed by atoms with Crippen LogP contribution in [0.15, 0.2) is 47.3 Å². The number of benzene rings is 2. The molecule has 0 fully saturated rings. The summed E-state index contributed by atoms with van der Waals surface area (Å²) in [6, 6.07) is 13.9. The zero-order valence-electron chi connectivity index (χ0n) is 20.4. The number of rotatable bonds is 8. The van der Waals surface area contributed by atoms with E-state index in [1.807, 2.05) is 36.4 Å². The van der Waals surface area contributed by atoms with Crippen molar-refractivity contribution in [2.75, 3.05) is 13.7 Å². The molecule has 2 aromatic carbocycles. The Morgan fingerprint density at radius 3 is 2.47 bits per heavy atom. The second kappa shape index (κ2) is 9.97. The van der Waals surface area contributed by atoms with E-state index in [9.17, 15) is 4.79 Å². The molecule has 178 valence electrons. The summed E-state index contributed by atoms with van der Waals surface area (Å²) in [5.74, 6) is 1.92. The van der Waals surface area contributed by atoms with E-state index in [-0.39, 0.29) is 11.0 Å². The molecule has 0 unspecified atom stereocenters. The predicted octanol–water partition coefficient (Wildman–Crippen LogP) is 5.24. The van der Waals surface area contributed by atoms with E-state index in [2.05, 4.69) is 49.9 Å². The molecular formula is C27H31N3O3S. The van der Waals surface area contributed by atoms with Gasteiger partial charge in [-0.3, -0.25) is 4.79 Å². The first kappa shape index (κ1) is 24.0. The van der Waals surface area contributed by atoms with E-state index in [1.165, 1.54) is 21.4 Å². The van der Waals surface area contributed by atoms with E-state index in [1.54, 1.807) is 7.11 Å². The molecule has 0 saturated carbocycles. The minimum absolute atomic E-state index is 0.0789. The Labute approximate surface area is 203 Å². The fraction of sp³-hybridized carbons (Fsp3) is 0.370. The Morgan fingerprint density at radius 1 is 1.06 bits per heavy atom. The molecule has 0 atom stereocenters. The van der Waals surface area contributed by atoms with Crippen molar-refractivity contribution in [3.63, 3.8) is 0 Å². The molecule has 0 saturated heterocycles. The molecular weight excluding hydrogens is 446 g/mol. The van der Waals surface area contributed by atoms with Crippen molar-refractivity contribution in [1.82, 2.24) is 14.6 Å². The summed E-state index contributed by atoms with van der Waals surface area (Å²) in [6.45, 7) is 9.36. The van der Waals surface area contributed by atoms with E-state index in [4.69, 9.17) is 9.47 Å². The Kier molecular flexibility index (Phi) is 7.03. The summed E-state index contributed by atoms with van der Waals surface area (Å²) in [6.07, 6.45) is 5.14. The van der Waals surface area contributed by atoms with Crippen molar-refractivity contribution < 1.29 is 9.47 Å². The SMILES string of the molecule is CCCCCOc1ccc(C=c2sc3nc(-c4ccc(C(C)(C)C)cc4)nn3c2=O)cc1OC. The maximum Gasteiger partial charge on any atom is 0.291 e. The first-order valence-corrected chi connectivity index (χ1v) is 12.4. The van der Waals surface area contributed by atoms with Gasteiger partial charge in [0, 0.05) is 5.56 Å². The highest BCUT2D eigenvalue weighted by molar-refractivity contribution is 7.15. The van der Waals surface area contributed by atoms with Crippen molar-refractivity contribution in [3.8, 4) is 22.9 Å². The molecule has 6 nitrogen and oxygen atoms in total. The van der Waals surface area contributed by atoms with Gasteiger partial charge in [-0.2, -0.15) is 9.50 Å². The molecule has 0 spiro atoms. The van der Waals surface area contributed by atoms with Gasteiger partial charge in [-0.15, -0.1) is 5.10 Å². The average Bonchev–Trinajstić information content (AvgIpc) is 3.36. The topological polar surface area (TPSA) is 65.7 Å². The normalized spacial score (nSPS) is 12.4. The third-order valence-corrected chi connectivity index (χ3v) is 6.64. The second-order valence-corrected chi connectivity index (χ2v) is 10.3. The van der Waals surface area contributed by atoms with Gasteiger partial charge in [0.25, 0.3) is 5.56 Å². The zero-order valence-corrected chi connectivity index (χ0v) is 21.2. The molecule has 0 aliphatic rings. The van der Waals surface area contributed by atoms with Gasteiger partial charge in [0.05, 0.1) is 18.2 Å². The van der Waals surface area contributed by atoms with Crippen LogP contribution in [0.1, 0.15) is 58.1 Å². The van der Waals surface area contributed by atoms with Gasteiger partial charge >= 0.3 is 0 Å². The molecule has 0 aliphatic heterocycles. The summed E-state index contributed by atoms with van der Waals surface area (Å²) in [5.41, 5.74) is 2.90. The van der Waals surface area contributed by atoms with Crippen LogP contribution < -0.4 is 19.6 Å². The Balaban J connectivity index is 1.59. The molecule has 4 aromatic rings. The first-order valence-electron chi connectivity index (χ1n) is 11.6. The van der Waals surface area contributed by atoms with Gasteiger partial charge < -0.3 is 9.47 Å². The summed E-state index contributed by atoms with van der Waals surface area (Å²) >= 11 is 1.33. The Bertz CT molecular complexity index is 1380. The van der Waals surface area contributed by atoms with Crippen LogP contribution in [0.5, 0.6) is 11.5 Å². The van der Waals surface area contributed by atoms with Crippen molar-refractivity contribution >= 4 is 22.4 Å². The van der Waals surface area contributed by atoms with Gasteiger partial charge in [0.1, 0.15) is 0 Å². The molecule has 2 aromatic heterocycles. The lowest BCUT2D eigenvalue weighted by atomic mass is 9.87. The fourth-order valence-electron chi connectivity index (χ4n) is 3.65.